The van der Waals surface area contributed by atoms with Gasteiger partial charge in [-0.15, -0.1) is 0 Å². The molecule has 1 fully saturated rings. The van der Waals surface area contributed by atoms with Crippen molar-refractivity contribution in [3.63, 3.8) is 0 Å². The van der Waals surface area contributed by atoms with Crippen molar-refractivity contribution < 1.29 is 19.1 Å². The molecule has 0 bridgehead atoms. The highest BCUT2D eigenvalue weighted by Crippen LogP contribution is 2.22. The first-order chi connectivity index (χ1) is 11.3. The van der Waals surface area contributed by atoms with Crippen molar-refractivity contribution in [2.75, 3.05) is 19.7 Å². The molecule has 1 aliphatic rings. The van der Waals surface area contributed by atoms with E-state index in [2.05, 4.69) is 0 Å². The lowest BCUT2D eigenvalue weighted by atomic mass is 9.96. The number of hydrogen-bond acceptors (Lipinski definition) is 4. The average Bonchev–Trinajstić information content (AvgIpc) is 2.54. The molecule has 0 radical (unpaired) electrons. The van der Waals surface area contributed by atoms with E-state index in [1.54, 1.807) is 17.0 Å². The quantitative estimate of drug-likeness (QED) is 0.794. The lowest BCUT2D eigenvalue weighted by Gasteiger charge is -2.31. The molecule has 1 amide bonds. The summed E-state index contributed by atoms with van der Waals surface area (Å²) in [6.45, 7) is 9.34. The molecular formula is C19H27NO4. The molecule has 5 nitrogen and oxygen atoms in total. The van der Waals surface area contributed by atoms with Gasteiger partial charge < -0.3 is 14.4 Å². The van der Waals surface area contributed by atoms with Gasteiger partial charge in [0.05, 0.1) is 12.5 Å². The predicted octanol–water partition coefficient (Wildman–Crippen LogP) is 3.28. The molecule has 0 spiro atoms. The number of carbonyl (C=O) groups excluding carboxylic acids is 2. The average molecular weight is 333 g/mol. The summed E-state index contributed by atoms with van der Waals surface area (Å²) in [7, 11) is 0. The van der Waals surface area contributed by atoms with Crippen molar-refractivity contribution in [3.05, 3.63) is 29.8 Å². The molecule has 0 aromatic heterocycles. The number of esters is 1. The third-order valence-electron chi connectivity index (χ3n) is 3.93. The normalized spacial score (nSPS) is 15.9. The van der Waals surface area contributed by atoms with E-state index in [1.807, 2.05) is 39.8 Å². The lowest BCUT2D eigenvalue weighted by molar-refractivity contribution is -0.149. The van der Waals surface area contributed by atoms with E-state index in [0.29, 0.717) is 38.1 Å². The van der Waals surface area contributed by atoms with Gasteiger partial charge in [-0.05, 0) is 64.8 Å². The maximum absolute atomic E-state index is 12.6. The van der Waals surface area contributed by atoms with Crippen LogP contribution in [-0.4, -0.2) is 42.1 Å². The fraction of sp³-hybridized carbons (Fsp3) is 0.579. The highest BCUT2D eigenvalue weighted by molar-refractivity contribution is 5.94. The summed E-state index contributed by atoms with van der Waals surface area (Å²) in [6.07, 6.45) is 1.32. The zero-order valence-electron chi connectivity index (χ0n) is 15.0. The highest BCUT2D eigenvalue weighted by Gasteiger charge is 2.28. The molecule has 2 rings (SSSR count). The van der Waals surface area contributed by atoms with E-state index in [1.165, 1.54) is 0 Å². The van der Waals surface area contributed by atoms with Gasteiger partial charge in [0.1, 0.15) is 11.4 Å². The van der Waals surface area contributed by atoms with Gasteiger partial charge in [-0.2, -0.15) is 0 Å². The second-order valence-corrected chi connectivity index (χ2v) is 7.06. The molecule has 0 atom stereocenters. The van der Waals surface area contributed by atoms with Gasteiger partial charge >= 0.3 is 5.97 Å². The van der Waals surface area contributed by atoms with E-state index >= 15 is 0 Å². The van der Waals surface area contributed by atoms with E-state index in [-0.39, 0.29) is 23.4 Å². The van der Waals surface area contributed by atoms with Gasteiger partial charge in [-0.25, -0.2) is 0 Å². The molecule has 0 unspecified atom stereocenters. The van der Waals surface area contributed by atoms with Crippen LogP contribution in [-0.2, 0) is 9.53 Å². The van der Waals surface area contributed by atoms with Crippen LogP contribution in [0.25, 0.3) is 0 Å². The topological polar surface area (TPSA) is 55.8 Å². The van der Waals surface area contributed by atoms with Crippen LogP contribution in [0.4, 0.5) is 0 Å². The summed E-state index contributed by atoms with van der Waals surface area (Å²) in [4.78, 5) is 26.1. The zero-order chi connectivity index (χ0) is 17.7. The molecule has 1 aliphatic heterocycles. The maximum Gasteiger partial charge on any atom is 0.309 e. The number of likely N-dealkylation sites (tertiary alicyclic amines) is 1. The van der Waals surface area contributed by atoms with Gasteiger partial charge in [0.2, 0.25) is 0 Å². The number of amides is 1. The van der Waals surface area contributed by atoms with Gasteiger partial charge in [-0.3, -0.25) is 9.59 Å². The van der Waals surface area contributed by atoms with E-state index in [4.69, 9.17) is 9.47 Å². The Kier molecular flexibility index (Phi) is 5.86. The summed E-state index contributed by atoms with van der Waals surface area (Å²) in [5, 5.41) is 0. The Morgan fingerprint density at radius 1 is 1.12 bits per heavy atom. The Balaban J connectivity index is 1.92. The Morgan fingerprint density at radius 2 is 1.71 bits per heavy atom. The molecule has 132 valence electrons. The Morgan fingerprint density at radius 3 is 2.21 bits per heavy atom. The second-order valence-electron chi connectivity index (χ2n) is 7.06. The van der Waals surface area contributed by atoms with E-state index in [0.717, 1.165) is 5.75 Å². The molecule has 24 heavy (non-hydrogen) atoms. The van der Waals surface area contributed by atoms with Crippen LogP contribution in [0.15, 0.2) is 24.3 Å². The van der Waals surface area contributed by atoms with Gasteiger partial charge in [0, 0.05) is 18.7 Å². The van der Waals surface area contributed by atoms with Gasteiger partial charge in [-0.1, -0.05) is 0 Å². The van der Waals surface area contributed by atoms with Crippen LogP contribution in [0.3, 0.4) is 0 Å². The molecule has 0 aliphatic carbocycles. The first-order valence-corrected chi connectivity index (χ1v) is 8.55. The number of ether oxygens (including phenoxy) is 2. The van der Waals surface area contributed by atoms with Crippen LogP contribution in [0.2, 0.25) is 0 Å². The van der Waals surface area contributed by atoms with Crippen molar-refractivity contribution in [1.82, 2.24) is 4.90 Å². The summed E-state index contributed by atoms with van der Waals surface area (Å²) in [6, 6.07) is 7.23. The summed E-state index contributed by atoms with van der Waals surface area (Å²) in [5.74, 6) is 0.518. The minimum absolute atomic E-state index is 0.000354. The largest absolute Gasteiger partial charge is 0.488 e. The molecule has 1 aromatic rings. The number of carbonyl (C=O) groups is 2. The number of nitrogens with zero attached hydrogens (tertiary/aromatic N) is 1. The summed E-state index contributed by atoms with van der Waals surface area (Å²) >= 11 is 0. The Hall–Kier alpha value is -2.04. The zero-order valence-corrected chi connectivity index (χ0v) is 15.0. The van der Waals surface area contributed by atoms with Crippen molar-refractivity contribution in [2.24, 2.45) is 5.92 Å². The smallest absolute Gasteiger partial charge is 0.309 e. The number of rotatable bonds is 4. The van der Waals surface area contributed by atoms with Gasteiger partial charge in [0.15, 0.2) is 0 Å². The van der Waals surface area contributed by atoms with Crippen molar-refractivity contribution in [1.29, 1.82) is 0 Å². The lowest BCUT2D eigenvalue weighted by Crippen LogP contribution is -2.40. The molecule has 1 aromatic carbocycles. The van der Waals surface area contributed by atoms with Crippen molar-refractivity contribution >= 4 is 11.9 Å². The third-order valence-corrected chi connectivity index (χ3v) is 3.93. The van der Waals surface area contributed by atoms with E-state index < -0.39 is 0 Å². The van der Waals surface area contributed by atoms with Gasteiger partial charge in [0.25, 0.3) is 5.91 Å². The predicted molar refractivity (Wildman–Crippen MR) is 92.1 cm³/mol. The van der Waals surface area contributed by atoms with Crippen LogP contribution < -0.4 is 4.74 Å². The standard InChI is InChI=1S/C19H27NO4/c1-5-23-18(22)15-10-12-20(13-11-15)17(21)14-6-8-16(9-7-14)24-19(2,3)4/h6-9,15H,5,10-13H2,1-4H3. The molecule has 5 heteroatoms. The number of hydrogen-bond donors (Lipinski definition) is 0. The van der Waals surface area contributed by atoms with Crippen molar-refractivity contribution in [2.45, 2.75) is 46.1 Å². The van der Waals surface area contributed by atoms with Crippen LogP contribution in [0.1, 0.15) is 50.9 Å². The van der Waals surface area contributed by atoms with Crippen molar-refractivity contribution in [3.8, 4) is 5.75 Å². The molecule has 0 saturated carbocycles. The number of benzene rings is 1. The highest BCUT2D eigenvalue weighted by atomic mass is 16.5. The minimum Gasteiger partial charge on any atom is -0.488 e. The Bertz CT molecular complexity index is 566. The maximum atomic E-state index is 12.6. The molecular weight excluding hydrogens is 306 g/mol. The molecule has 1 heterocycles. The SMILES string of the molecule is CCOC(=O)C1CCN(C(=O)c2ccc(OC(C)(C)C)cc2)CC1. The fourth-order valence-corrected chi connectivity index (χ4v) is 2.78. The third kappa shape index (κ3) is 4.98. The number of piperidine rings is 1. The first kappa shape index (κ1) is 18.3. The van der Waals surface area contributed by atoms with Crippen LogP contribution in [0, 0.1) is 5.92 Å². The summed E-state index contributed by atoms with van der Waals surface area (Å²) < 4.78 is 10.8. The summed E-state index contributed by atoms with van der Waals surface area (Å²) in [5.41, 5.74) is 0.381. The molecule has 1 saturated heterocycles. The Labute approximate surface area is 143 Å². The first-order valence-electron chi connectivity index (χ1n) is 8.55. The monoisotopic (exact) mass is 333 g/mol. The minimum atomic E-state index is -0.263. The van der Waals surface area contributed by atoms with Crippen LogP contribution >= 0.6 is 0 Å². The second kappa shape index (κ2) is 7.69. The molecule has 0 N–H and O–H groups in total. The van der Waals surface area contributed by atoms with E-state index in [9.17, 15) is 9.59 Å². The van der Waals surface area contributed by atoms with Crippen LogP contribution in [0.5, 0.6) is 5.75 Å². The fourth-order valence-electron chi connectivity index (χ4n) is 2.78.